The summed E-state index contributed by atoms with van der Waals surface area (Å²) in [5.41, 5.74) is 8.55. The van der Waals surface area contributed by atoms with Gasteiger partial charge in [-0.15, -0.1) is 0 Å². The smallest absolute Gasteiger partial charge is 0.246 e. The maximum Gasteiger partial charge on any atom is 0.246 e. The third-order valence-corrected chi connectivity index (χ3v) is 4.83. The van der Waals surface area contributed by atoms with Crippen LogP contribution in [-0.4, -0.2) is 29.8 Å². The number of rotatable bonds is 5. The Labute approximate surface area is 154 Å². The fourth-order valence-electron chi connectivity index (χ4n) is 3.37. The molecule has 4 heteroatoms. The Morgan fingerprint density at radius 2 is 1.69 bits per heavy atom. The van der Waals surface area contributed by atoms with Gasteiger partial charge in [0.2, 0.25) is 11.8 Å². The molecule has 1 fully saturated rings. The molecular formula is C22H24N2O2. The van der Waals surface area contributed by atoms with E-state index in [0.717, 1.165) is 29.5 Å². The molecule has 0 bridgehead atoms. The number of hydrogen-bond donors (Lipinski definition) is 1. The van der Waals surface area contributed by atoms with Crippen molar-refractivity contribution >= 4 is 17.9 Å². The summed E-state index contributed by atoms with van der Waals surface area (Å²) in [6, 6.07) is 18.3. The average Bonchev–Trinajstić information content (AvgIpc) is 2.67. The summed E-state index contributed by atoms with van der Waals surface area (Å²) in [6.07, 6.45) is 5.60. The molecule has 1 saturated heterocycles. The molecule has 0 unspecified atom stereocenters. The maximum atomic E-state index is 12.4. The number of primary amides is 1. The van der Waals surface area contributed by atoms with Crippen molar-refractivity contribution in [3.63, 3.8) is 0 Å². The number of carbonyl (C=O) groups is 2. The molecule has 0 atom stereocenters. The summed E-state index contributed by atoms with van der Waals surface area (Å²) in [5, 5.41) is 0. The fraction of sp³-hybridized carbons (Fsp3) is 0.273. The standard InChI is InChI=1S/C22H24N2O2/c23-21(25)16-18-11-13-24(14-12-18)22(26)10-9-17-5-4-8-20(15-17)19-6-2-1-3-7-19/h1-10,15,18H,11-14,16H2,(H2,23,25)/b10-9-. The lowest BCUT2D eigenvalue weighted by Gasteiger charge is -2.30. The quantitative estimate of drug-likeness (QED) is 0.841. The van der Waals surface area contributed by atoms with Crippen LogP contribution in [0, 0.1) is 5.92 Å². The summed E-state index contributed by atoms with van der Waals surface area (Å²) >= 11 is 0. The van der Waals surface area contributed by atoms with E-state index >= 15 is 0 Å². The molecule has 0 saturated carbocycles. The molecule has 1 heterocycles. The monoisotopic (exact) mass is 348 g/mol. The Bertz CT molecular complexity index is 791. The van der Waals surface area contributed by atoms with E-state index in [2.05, 4.69) is 24.3 Å². The van der Waals surface area contributed by atoms with Crippen molar-refractivity contribution < 1.29 is 9.59 Å². The molecular weight excluding hydrogens is 324 g/mol. The highest BCUT2D eigenvalue weighted by molar-refractivity contribution is 5.92. The molecule has 2 N–H and O–H groups in total. The first-order valence-corrected chi connectivity index (χ1v) is 9.02. The van der Waals surface area contributed by atoms with Gasteiger partial charge in [0.25, 0.3) is 0 Å². The Morgan fingerprint density at radius 1 is 1.00 bits per heavy atom. The Morgan fingerprint density at radius 3 is 2.38 bits per heavy atom. The molecule has 0 spiro atoms. The topological polar surface area (TPSA) is 63.4 Å². The van der Waals surface area contributed by atoms with E-state index < -0.39 is 0 Å². The van der Waals surface area contributed by atoms with E-state index in [0.29, 0.717) is 25.4 Å². The van der Waals surface area contributed by atoms with Crippen molar-refractivity contribution in [1.29, 1.82) is 0 Å². The Balaban J connectivity index is 1.60. The first kappa shape index (κ1) is 17.9. The van der Waals surface area contributed by atoms with Crippen molar-refractivity contribution in [3.05, 3.63) is 66.2 Å². The minimum atomic E-state index is -0.257. The normalized spacial score (nSPS) is 15.3. The highest BCUT2D eigenvalue weighted by Crippen LogP contribution is 2.22. The minimum absolute atomic E-state index is 0.0210. The van der Waals surface area contributed by atoms with Crippen LogP contribution in [0.4, 0.5) is 0 Å². The number of nitrogens with two attached hydrogens (primary N) is 1. The number of hydrogen-bond acceptors (Lipinski definition) is 2. The predicted octanol–water partition coefficient (Wildman–Crippen LogP) is 3.48. The number of piperidine rings is 1. The van der Waals surface area contributed by atoms with E-state index in [1.54, 1.807) is 6.08 Å². The van der Waals surface area contributed by atoms with Crippen molar-refractivity contribution in [2.24, 2.45) is 11.7 Å². The molecule has 0 radical (unpaired) electrons. The predicted molar refractivity (Wildman–Crippen MR) is 104 cm³/mol. The number of amides is 2. The van der Waals surface area contributed by atoms with Gasteiger partial charge in [-0.05, 0) is 47.6 Å². The highest BCUT2D eigenvalue weighted by Gasteiger charge is 2.22. The second-order valence-corrected chi connectivity index (χ2v) is 6.76. The van der Waals surface area contributed by atoms with Gasteiger partial charge in [-0.1, -0.05) is 48.5 Å². The van der Waals surface area contributed by atoms with Crippen LogP contribution in [0.2, 0.25) is 0 Å². The van der Waals surface area contributed by atoms with E-state index in [9.17, 15) is 9.59 Å². The number of carbonyl (C=O) groups excluding carboxylic acids is 2. The maximum absolute atomic E-state index is 12.4. The third kappa shape index (κ3) is 4.82. The summed E-state index contributed by atoms with van der Waals surface area (Å²) in [4.78, 5) is 25.2. The van der Waals surface area contributed by atoms with E-state index in [1.807, 2.05) is 41.3 Å². The first-order chi connectivity index (χ1) is 12.6. The molecule has 2 amide bonds. The highest BCUT2D eigenvalue weighted by atomic mass is 16.2. The molecule has 1 aliphatic rings. The van der Waals surface area contributed by atoms with Crippen LogP contribution >= 0.6 is 0 Å². The number of benzene rings is 2. The van der Waals surface area contributed by atoms with E-state index in [-0.39, 0.29) is 11.8 Å². The molecule has 0 aromatic heterocycles. The molecule has 2 aromatic carbocycles. The summed E-state index contributed by atoms with van der Waals surface area (Å²) in [7, 11) is 0. The average molecular weight is 348 g/mol. The van der Waals surface area contributed by atoms with Gasteiger partial charge < -0.3 is 10.6 Å². The van der Waals surface area contributed by atoms with Gasteiger partial charge in [0.05, 0.1) is 0 Å². The van der Waals surface area contributed by atoms with Gasteiger partial charge in [-0.2, -0.15) is 0 Å². The summed E-state index contributed by atoms with van der Waals surface area (Å²) in [5.74, 6) is 0.0729. The SMILES string of the molecule is NC(=O)CC1CCN(C(=O)/C=C\c2cccc(-c3ccccc3)c2)CC1. The molecule has 3 rings (SSSR count). The Hall–Kier alpha value is -2.88. The van der Waals surface area contributed by atoms with Crippen molar-refractivity contribution in [1.82, 2.24) is 4.90 Å². The van der Waals surface area contributed by atoms with Gasteiger partial charge in [0.1, 0.15) is 0 Å². The second kappa shape index (κ2) is 8.48. The largest absolute Gasteiger partial charge is 0.370 e. The van der Waals surface area contributed by atoms with Crippen LogP contribution in [0.1, 0.15) is 24.8 Å². The zero-order valence-electron chi connectivity index (χ0n) is 14.8. The molecule has 1 aliphatic heterocycles. The van der Waals surface area contributed by atoms with Gasteiger partial charge >= 0.3 is 0 Å². The Kier molecular flexibility index (Phi) is 5.84. The lowest BCUT2D eigenvalue weighted by molar-refractivity contribution is -0.127. The lowest BCUT2D eigenvalue weighted by atomic mass is 9.93. The molecule has 0 aliphatic carbocycles. The van der Waals surface area contributed by atoms with Crippen LogP contribution in [0.15, 0.2) is 60.7 Å². The summed E-state index contributed by atoms with van der Waals surface area (Å²) in [6.45, 7) is 1.37. The zero-order chi connectivity index (χ0) is 18.4. The summed E-state index contributed by atoms with van der Waals surface area (Å²) < 4.78 is 0. The zero-order valence-corrected chi connectivity index (χ0v) is 14.8. The molecule has 2 aromatic rings. The number of likely N-dealkylation sites (tertiary alicyclic amines) is 1. The van der Waals surface area contributed by atoms with Crippen LogP contribution in [0.25, 0.3) is 17.2 Å². The van der Waals surface area contributed by atoms with Crippen molar-refractivity contribution in [3.8, 4) is 11.1 Å². The first-order valence-electron chi connectivity index (χ1n) is 9.02. The van der Waals surface area contributed by atoms with Gasteiger partial charge in [-0.3, -0.25) is 9.59 Å². The van der Waals surface area contributed by atoms with Gasteiger partial charge in [0.15, 0.2) is 0 Å². The molecule has 4 nitrogen and oxygen atoms in total. The van der Waals surface area contributed by atoms with Crippen LogP contribution < -0.4 is 5.73 Å². The van der Waals surface area contributed by atoms with Crippen molar-refractivity contribution in [2.75, 3.05) is 13.1 Å². The fourth-order valence-corrected chi connectivity index (χ4v) is 3.37. The van der Waals surface area contributed by atoms with Gasteiger partial charge in [0, 0.05) is 25.6 Å². The number of nitrogens with zero attached hydrogens (tertiary/aromatic N) is 1. The van der Waals surface area contributed by atoms with Crippen LogP contribution in [0.5, 0.6) is 0 Å². The van der Waals surface area contributed by atoms with Crippen LogP contribution in [-0.2, 0) is 9.59 Å². The van der Waals surface area contributed by atoms with E-state index in [1.165, 1.54) is 0 Å². The van der Waals surface area contributed by atoms with E-state index in [4.69, 9.17) is 5.73 Å². The van der Waals surface area contributed by atoms with Crippen LogP contribution in [0.3, 0.4) is 0 Å². The molecule has 26 heavy (non-hydrogen) atoms. The minimum Gasteiger partial charge on any atom is -0.370 e. The van der Waals surface area contributed by atoms with Crippen molar-refractivity contribution in [2.45, 2.75) is 19.3 Å². The van der Waals surface area contributed by atoms with Gasteiger partial charge in [-0.25, -0.2) is 0 Å². The lowest BCUT2D eigenvalue weighted by Crippen LogP contribution is -2.38. The third-order valence-electron chi connectivity index (χ3n) is 4.83. The molecule has 134 valence electrons. The second-order valence-electron chi connectivity index (χ2n) is 6.76.